The molecule has 0 saturated carbocycles. The van der Waals surface area contributed by atoms with Gasteiger partial charge in [0.05, 0.1) is 6.54 Å². The van der Waals surface area contributed by atoms with Crippen molar-refractivity contribution in [3.8, 4) is 0 Å². The zero-order valence-electron chi connectivity index (χ0n) is 13.2. The number of aromatic nitrogens is 3. The molecule has 0 spiro atoms. The van der Waals surface area contributed by atoms with Gasteiger partial charge in [-0.1, -0.05) is 38.8 Å². The molecule has 1 rings (SSSR count). The van der Waals surface area contributed by atoms with E-state index in [1.807, 2.05) is 13.8 Å². The van der Waals surface area contributed by atoms with Crippen molar-refractivity contribution in [3.63, 3.8) is 0 Å². The fourth-order valence-electron chi connectivity index (χ4n) is 2.10. The van der Waals surface area contributed by atoms with Crippen LogP contribution in [-0.4, -0.2) is 13.7 Å². The van der Waals surface area contributed by atoms with Gasteiger partial charge in [-0.05, 0) is 19.8 Å². The molecule has 0 saturated heterocycles. The standard InChI is InChI=1S/C15H25N3O3/c1-5-7-9-16-13(19)17(10-8-6-2)15(21)18(14(16)20)11-12(3)4/h3,5-11H2,1-2,4H3. The Labute approximate surface area is 124 Å². The number of allylic oxidation sites excluding steroid dienone is 1. The van der Waals surface area contributed by atoms with Gasteiger partial charge in [-0.2, -0.15) is 0 Å². The number of nitrogens with zero attached hydrogens (tertiary/aromatic N) is 3. The summed E-state index contributed by atoms with van der Waals surface area (Å²) in [5.74, 6) is 0. The molecule has 6 nitrogen and oxygen atoms in total. The number of hydrogen-bond acceptors (Lipinski definition) is 3. The summed E-state index contributed by atoms with van der Waals surface area (Å²) in [6.45, 7) is 10.3. The van der Waals surface area contributed by atoms with Gasteiger partial charge in [0, 0.05) is 13.1 Å². The second kappa shape index (κ2) is 7.81. The van der Waals surface area contributed by atoms with Gasteiger partial charge in [-0.15, -0.1) is 0 Å². The van der Waals surface area contributed by atoms with Crippen LogP contribution < -0.4 is 17.1 Å². The highest BCUT2D eigenvalue weighted by Gasteiger charge is 2.14. The minimum atomic E-state index is -0.533. The monoisotopic (exact) mass is 295 g/mol. The summed E-state index contributed by atoms with van der Waals surface area (Å²) in [5.41, 5.74) is -0.856. The van der Waals surface area contributed by atoms with Crippen molar-refractivity contribution in [2.24, 2.45) is 0 Å². The van der Waals surface area contributed by atoms with Gasteiger partial charge in [-0.25, -0.2) is 28.1 Å². The molecule has 0 aliphatic heterocycles. The second-order valence-corrected chi connectivity index (χ2v) is 5.40. The van der Waals surface area contributed by atoms with Gasteiger partial charge in [-0.3, -0.25) is 0 Å². The lowest BCUT2D eigenvalue weighted by Crippen LogP contribution is -2.54. The zero-order chi connectivity index (χ0) is 16.0. The van der Waals surface area contributed by atoms with Gasteiger partial charge in [0.1, 0.15) is 0 Å². The molecular weight excluding hydrogens is 270 g/mol. The maximum atomic E-state index is 12.4. The summed E-state index contributed by atoms with van der Waals surface area (Å²) < 4.78 is 3.45. The van der Waals surface area contributed by atoms with Gasteiger partial charge in [0.2, 0.25) is 0 Å². The van der Waals surface area contributed by atoms with Crippen molar-refractivity contribution >= 4 is 0 Å². The molecule has 0 radical (unpaired) electrons. The van der Waals surface area contributed by atoms with Crippen LogP contribution in [0.1, 0.15) is 46.5 Å². The maximum absolute atomic E-state index is 12.4. The highest BCUT2D eigenvalue weighted by Crippen LogP contribution is 1.93. The Balaban J connectivity index is 3.50. The maximum Gasteiger partial charge on any atom is 0.336 e. The van der Waals surface area contributed by atoms with Crippen LogP contribution >= 0.6 is 0 Å². The molecule has 118 valence electrons. The number of rotatable bonds is 8. The van der Waals surface area contributed by atoms with E-state index in [1.165, 1.54) is 9.13 Å². The molecule has 0 aromatic carbocycles. The molecule has 0 fully saturated rings. The van der Waals surface area contributed by atoms with Crippen molar-refractivity contribution in [3.05, 3.63) is 43.6 Å². The highest BCUT2D eigenvalue weighted by molar-refractivity contribution is 4.91. The molecule has 0 bridgehead atoms. The van der Waals surface area contributed by atoms with E-state index in [-0.39, 0.29) is 6.54 Å². The molecule has 0 amide bonds. The van der Waals surface area contributed by atoms with Crippen LogP contribution in [0, 0.1) is 0 Å². The van der Waals surface area contributed by atoms with E-state index in [2.05, 4.69) is 6.58 Å². The first kappa shape index (κ1) is 17.2. The minimum Gasteiger partial charge on any atom is -0.247 e. The molecule has 21 heavy (non-hydrogen) atoms. The summed E-state index contributed by atoms with van der Waals surface area (Å²) in [7, 11) is 0. The third kappa shape index (κ3) is 4.06. The van der Waals surface area contributed by atoms with Crippen molar-refractivity contribution in [2.45, 2.75) is 66.1 Å². The first-order valence-corrected chi connectivity index (χ1v) is 7.52. The molecule has 1 aromatic rings. The number of hydrogen-bond donors (Lipinski definition) is 0. The highest BCUT2D eigenvalue weighted by atomic mass is 16.2. The van der Waals surface area contributed by atoms with E-state index in [0.717, 1.165) is 30.3 Å². The number of unbranched alkanes of at least 4 members (excludes halogenated alkanes) is 2. The lowest BCUT2D eigenvalue weighted by Gasteiger charge is -2.13. The van der Waals surface area contributed by atoms with Crippen molar-refractivity contribution in [1.82, 2.24) is 13.7 Å². The van der Waals surface area contributed by atoms with E-state index in [4.69, 9.17) is 0 Å². The van der Waals surface area contributed by atoms with Crippen molar-refractivity contribution in [2.75, 3.05) is 0 Å². The van der Waals surface area contributed by atoms with Gasteiger partial charge < -0.3 is 0 Å². The topological polar surface area (TPSA) is 66.0 Å². The fourth-order valence-corrected chi connectivity index (χ4v) is 2.10. The Morgan fingerprint density at radius 3 is 1.57 bits per heavy atom. The lowest BCUT2D eigenvalue weighted by atomic mass is 10.3. The fraction of sp³-hybridized carbons (Fsp3) is 0.667. The smallest absolute Gasteiger partial charge is 0.247 e. The third-order valence-corrected chi connectivity index (χ3v) is 3.28. The van der Waals surface area contributed by atoms with E-state index in [1.54, 1.807) is 6.92 Å². The van der Waals surface area contributed by atoms with Gasteiger partial charge in [0.25, 0.3) is 0 Å². The van der Waals surface area contributed by atoms with E-state index >= 15 is 0 Å². The Kier molecular flexibility index (Phi) is 6.39. The average molecular weight is 295 g/mol. The summed E-state index contributed by atoms with van der Waals surface area (Å²) in [4.78, 5) is 37.0. The molecule has 1 heterocycles. The van der Waals surface area contributed by atoms with Crippen LogP contribution in [0.15, 0.2) is 26.5 Å². The first-order chi connectivity index (χ1) is 9.93. The quantitative estimate of drug-likeness (QED) is 0.680. The van der Waals surface area contributed by atoms with Gasteiger partial charge >= 0.3 is 17.1 Å². The molecule has 0 N–H and O–H groups in total. The first-order valence-electron chi connectivity index (χ1n) is 7.52. The Hall–Kier alpha value is -1.85. The molecule has 6 heteroatoms. The van der Waals surface area contributed by atoms with Crippen LogP contribution in [0.5, 0.6) is 0 Å². The Bertz CT molecular complexity index is 618. The van der Waals surface area contributed by atoms with Crippen molar-refractivity contribution < 1.29 is 0 Å². The molecule has 1 aromatic heterocycles. The Morgan fingerprint density at radius 2 is 1.24 bits per heavy atom. The molecule has 0 atom stereocenters. The minimum absolute atomic E-state index is 0.149. The van der Waals surface area contributed by atoms with Crippen LogP contribution in [-0.2, 0) is 19.6 Å². The van der Waals surface area contributed by atoms with E-state index in [0.29, 0.717) is 18.7 Å². The molecule has 0 aliphatic carbocycles. The van der Waals surface area contributed by atoms with E-state index < -0.39 is 17.1 Å². The molecular formula is C15H25N3O3. The third-order valence-electron chi connectivity index (χ3n) is 3.28. The zero-order valence-corrected chi connectivity index (χ0v) is 13.2. The van der Waals surface area contributed by atoms with Crippen LogP contribution in [0.4, 0.5) is 0 Å². The van der Waals surface area contributed by atoms with Crippen LogP contribution in [0.3, 0.4) is 0 Å². The second-order valence-electron chi connectivity index (χ2n) is 5.40. The van der Waals surface area contributed by atoms with Crippen LogP contribution in [0.2, 0.25) is 0 Å². The normalized spacial score (nSPS) is 10.8. The molecule has 0 unspecified atom stereocenters. The molecule has 0 aliphatic rings. The summed E-state index contributed by atoms with van der Waals surface area (Å²) in [6.07, 6.45) is 3.21. The largest absolute Gasteiger partial charge is 0.336 e. The SMILES string of the molecule is C=C(C)Cn1c(=O)n(CCCC)c(=O)n(CCCC)c1=O. The lowest BCUT2D eigenvalue weighted by molar-refractivity contribution is 0.440. The van der Waals surface area contributed by atoms with E-state index in [9.17, 15) is 14.4 Å². The summed E-state index contributed by atoms with van der Waals surface area (Å²) in [5, 5.41) is 0. The predicted octanol–water partition coefficient (Wildman–Crippen LogP) is 1.35. The van der Waals surface area contributed by atoms with Gasteiger partial charge in [0.15, 0.2) is 0 Å². The summed E-state index contributed by atoms with van der Waals surface area (Å²) in [6, 6.07) is 0. The average Bonchev–Trinajstić information content (AvgIpc) is 2.43. The predicted molar refractivity (Wildman–Crippen MR) is 83.9 cm³/mol. The Morgan fingerprint density at radius 1 is 0.857 bits per heavy atom. The van der Waals surface area contributed by atoms with Crippen LogP contribution in [0.25, 0.3) is 0 Å². The van der Waals surface area contributed by atoms with Crippen molar-refractivity contribution in [1.29, 1.82) is 0 Å². The summed E-state index contributed by atoms with van der Waals surface area (Å²) >= 11 is 0.